The predicted molar refractivity (Wildman–Crippen MR) is 62.9 cm³/mol. The molecule has 106 valence electrons. The van der Waals surface area contributed by atoms with Gasteiger partial charge in [0.2, 0.25) is 5.91 Å². The van der Waals surface area contributed by atoms with Crippen molar-refractivity contribution in [3.05, 3.63) is 0 Å². The van der Waals surface area contributed by atoms with Crippen LogP contribution in [0.15, 0.2) is 0 Å². The Morgan fingerprint density at radius 3 is 2.39 bits per heavy atom. The minimum atomic E-state index is -4.10. The summed E-state index contributed by atoms with van der Waals surface area (Å²) in [6, 6.07) is 0. The summed E-state index contributed by atoms with van der Waals surface area (Å²) >= 11 is 0. The standard InChI is InChI=1S/C12H21F3N2O/c13-12(14,15)7-3-4-8-17-10(18)9-11(16)5-1-2-6-11/h1-9,16H2,(H,17,18). The van der Waals surface area contributed by atoms with Crippen LogP contribution in [0, 0.1) is 0 Å². The fraction of sp³-hybridized carbons (Fsp3) is 0.917. The maximum Gasteiger partial charge on any atom is 0.389 e. The summed E-state index contributed by atoms with van der Waals surface area (Å²) < 4.78 is 35.6. The largest absolute Gasteiger partial charge is 0.389 e. The fourth-order valence-corrected chi connectivity index (χ4v) is 2.32. The number of carbonyl (C=O) groups is 1. The minimum absolute atomic E-state index is 0.0531. The highest BCUT2D eigenvalue weighted by Gasteiger charge is 2.31. The molecule has 6 heteroatoms. The van der Waals surface area contributed by atoms with Crippen molar-refractivity contribution >= 4 is 5.91 Å². The molecule has 0 atom stereocenters. The van der Waals surface area contributed by atoms with Gasteiger partial charge in [-0.2, -0.15) is 13.2 Å². The molecule has 1 saturated carbocycles. The second kappa shape index (κ2) is 6.41. The number of carbonyl (C=O) groups excluding carboxylic acids is 1. The van der Waals surface area contributed by atoms with E-state index < -0.39 is 18.1 Å². The van der Waals surface area contributed by atoms with Crippen molar-refractivity contribution < 1.29 is 18.0 Å². The van der Waals surface area contributed by atoms with Crippen molar-refractivity contribution in [3.8, 4) is 0 Å². The van der Waals surface area contributed by atoms with Gasteiger partial charge in [-0.1, -0.05) is 12.8 Å². The quantitative estimate of drug-likeness (QED) is 0.726. The Labute approximate surface area is 105 Å². The molecule has 0 aromatic carbocycles. The van der Waals surface area contributed by atoms with Crippen LogP contribution in [0.4, 0.5) is 13.2 Å². The molecule has 3 nitrogen and oxygen atoms in total. The van der Waals surface area contributed by atoms with Gasteiger partial charge < -0.3 is 11.1 Å². The van der Waals surface area contributed by atoms with E-state index in [0.29, 0.717) is 13.0 Å². The lowest BCUT2D eigenvalue weighted by molar-refractivity contribution is -0.135. The lowest BCUT2D eigenvalue weighted by atomic mass is 9.94. The molecule has 0 aliphatic heterocycles. The van der Waals surface area contributed by atoms with Crippen LogP contribution in [0.1, 0.15) is 51.4 Å². The highest BCUT2D eigenvalue weighted by Crippen LogP contribution is 2.29. The maximum atomic E-state index is 11.9. The van der Waals surface area contributed by atoms with E-state index in [1.165, 1.54) is 0 Å². The van der Waals surface area contributed by atoms with Gasteiger partial charge in [0.1, 0.15) is 0 Å². The molecule has 1 amide bonds. The van der Waals surface area contributed by atoms with Gasteiger partial charge in [0.25, 0.3) is 0 Å². The molecular weight excluding hydrogens is 245 g/mol. The number of hydrogen-bond donors (Lipinski definition) is 2. The lowest BCUT2D eigenvalue weighted by Gasteiger charge is -2.22. The van der Waals surface area contributed by atoms with Crippen molar-refractivity contribution in [1.29, 1.82) is 0 Å². The summed E-state index contributed by atoms with van der Waals surface area (Å²) in [6.07, 6.45) is -0.390. The van der Waals surface area contributed by atoms with Gasteiger partial charge in [0.05, 0.1) is 0 Å². The van der Waals surface area contributed by atoms with E-state index in [1.54, 1.807) is 0 Å². The van der Waals surface area contributed by atoms with Crippen molar-refractivity contribution in [2.24, 2.45) is 5.73 Å². The molecule has 3 N–H and O–H groups in total. The van der Waals surface area contributed by atoms with Crippen LogP contribution >= 0.6 is 0 Å². The van der Waals surface area contributed by atoms with Crippen LogP contribution in [0.5, 0.6) is 0 Å². The van der Waals surface area contributed by atoms with E-state index in [4.69, 9.17) is 5.73 Å². The summed E-state index contributed by atoms with van der Waals surface area (Å²) in [6.45, 7) is 0.297. The van der Waals surface area contributed by atoms with Crippen LogP contribution in [-0.4, -0.2) is 24.2 Å². The molecule has 0 bridgehead atoms. The zero-order valence-electron chi connectivity index (χ0n) is 10.5. The van der Waals surface area contributed by atoms with E-state index in [9.17, 15) is 18.0 Å². The van der Waals surface area contributed by atoms with Gasteiger partial charge in [0.15, 0.2) is 0 Å². The molecule has 0 radical (unpaired) electrons. The predicted octanol–water partition coefficient (Wildman–Crippen LogP) is 2.50. The summed E-state index contributed by atoms with van der Waals surface area (Å²) in [5.74, 6) is -0.147. The van der Waals surface area contributed by atoms with E-state index in [-0.39, 0.29) is 18.7 Å². The number of alkyl halides is 3. The van der Waals surface area contributed by atoms with Gasteiger partial charge in [-0.3, -0.25) is 4.79 Å². The molecule has 0 spiro atoms. The fourth-order valence-electron chi connectivity index (χ4n) is 2.32. The van der Waals surface area contributed by atoms with Crippen LogP contribution in [-0.2, 0) is 4.79 Å². The van der Waals surface area contributed by atoms with E-state index in [1.807, 2.05) is 0 Å². The summed E-state index contributed by atoms with van der Waals surface area (Å²) in [7, 11) is 0. The first-order valence-electron chi connectivity index (χ1n) is 6.43. The number of rotatable bonds is 6. The normalized spacial score (nSPS) is 18.9. The first-order valence-corrected chi connectivity index (χ1v) is 6.43. The second-order valence-corrected chi connectivity index (χ2v) is 5.17. The topological polar surface area (TPSA) is 55.1 Å². The van der Waals surface area contributed by atoms with E-state index in [0.717, 1.165) is 25.7 Å². The molecule has 1 aliphatic carbocycles. The zero-order valence-corrected chi connectivity index (χ0v) is 10.5. The van der Waals surface area contributed by atoms with Crippen molar-refractivity contribution in [3.63, 3.8) is 0 Å². The smallest absolute Gasteiger partial charge is 0.356 e. The third-order valence-electron chi connectivity index (χ3n) is 3.32. The molecule has 0 saturated heterocycles. The minimum Gasteiger partial charge on any atom is -0.356 e. The average Bonchev–Trinajstić information content (AvgIpc) is 2.62. The second-order valence-electron chi connectivity index (χ2n) is 5.17. The van der Waals surface area contributed by atoms with Crippen LogP contribution in [0.25, 0.3) is 0 Å². The molecule has 1 fully saturated rings. The summed E-state index contributed by atoms with van der Waals surface area (Å²) in [5, 5.41) is 2.63. The Morgan fingerprint density at radius 2 is 1.83 bits per heavy atom. The van der Waals surface area contributed by atoms with Crippen LogP contribution in [0.2, 0.25) is 0 Å². The Bertz CT molecular complexity index is 273. The third-order valence-corrected chi connectivity index (χ3v) is 3.32. The highest BCUT2D eigenvalue weighted by molar-refractivity contribution is 5.77. The molecule has 0 aromatic heterocycles. The molecule has 1 aliphatic rings. The molecular formula is C12H21F3N2O. The number of amides is 1. The molecule has 0 heterocycles. The molecule has 0 unspecified atom stereocenters. The average molecular weight is 266 g/mol. The Kier molecular flexibility index (Phi) is 5.44. The monoisotopic (exact) mass is 266 g/mol. The summed E-state index contributed by atoms with van der Waals surface area (Å²) in [5.41, 5.74) is 5.65. The Balaban J connectivity index is 2.07. The molecule has 1 rings (SSSR count). The first-order chi connectivity index (χ1) is 8.31. The maximum absolute atomic E-state index is 11.9. The van der Waals surface area contributed by atoms with Gasteiger partial charge in [-0.15, -0.1) is 0 Å². The van der Waals surface area contributed by atoms with Crippen LogP contribution < -0.4 is 11.1 Å². The number of hydrogen-bond acceptors (Lipinski definition) is 2. The molecule has 0 aromatic rings. The van der Waals surface area contributed by atoms with Gasteiger partial charge in [0, 0.05) is 24.9 Å². The number of halogens is 3. The van der Waals surface area contributed by atoms with Crippen LogP contribution in [0.3, 0.4) is 0 Å². The van der Waals surface area contributed by atoms with Gasteiger partial charge >= 0.3 is 6.18 Å². The lowest BCUT2D eigenvalue weighted by Crippen LogP contribution is -2.42. The number of nitrogens with two attached hydrogens (primary N) is 1. The zero-order chi connectivity index (χ0) is 13.6. The van der Waals surface area contributed by atoms with Crippen molar-refractivity contribution in [2.75, 3.05) is 6.54 Å². The SMILES string of the molecule is NC1(CC(=O)NCCCCC(F)(F)F)CCCC1. The molecule has 18 heavy (non-hydrogen) atoms. The Morgan fingerprint density at radius 1 is 1.22 bits per heavy atom. The Hall–Kier alpha value is -0.780. The first kappa shape index (κ1) is 15.3. The highest BCUT2D eigenvalue weighted by atomic mass is 19.4. The third kappa shape index (κ3) is 6.23. The van der Waals surface area contributed by atoms with E-state index >= 15 is 0 Å². The number of unbranched alkanes of at least 4 members (excludes halogenated alkanes) is 1. The van der Waals surface area contributed by atoms with Crippen molar-refractivity contribution in [1.82, 2.24) is 5.32 Å². The van der Waals surface area contributed by atoms with Crippen molar-refractivity contribution in [2.45, 2.75) is 63.1 Å². The summed E-state index contributed by atoms with van der Waals surface area (Å²) in [4.78, 5) is 11.6. The van der Waals surface area contributed by atoms with Gasteiger partial charge in [-0.25, -0.2) is 0 Å². The van der Waals surface area contributed by atoms with Gasteiger partial charge in [-0.05, 0) is 25.7 Å². The number of nitrogens with one attached hydrogen (secondary N) is 1. The van der Waals surface area contributed by atoms with E-state index in [2.05, 4.69) is 5.32 Å².